The molecule has 1 heterocycles. The van der Waals surface area contributed by atoms with Crippen molar-refractivity contribution in [3.8, 4) is 11.5 Å². The van der Waals surface area contributed by atoms with Crippen molar-refractivity contribution in [1.82, 2.24) is 0 Å². The molecule has 3 aromatic rings. The summed E-state index contributed by atoms with van der Waals surface area (Å²) in [7, 11) is 0. The standard InChI is InChI=1S/C20H14FNO2/c21-13-9-11-14(12-10-13)22-20(23)19-15-5-1-3-7-17(15)24-18-8-4-2-6-16(18)19/h1-12,19H,(H,22,23). The van der Waals surface area contributed by atoms with Crippen molar-refractivity contribution in [2.75, 3.05) is 5.32 Å². The van der Waals surface area contributed by atoms with Crippen LogP contribution in [0.1, 0.15) is 17.0 Å². The number of carbonyl (C=O) groups is 1. The van der Waals surface area contributed by atoms with Crippen LogP contribution in [0.4, 0.5) is 10.1 Å². The Balaban J connectivity index is 1.74. The minimum absolute atomic E-state index is 0.176. The summed E-state index contributed by atoms with van der Waals surface area (Å²) >= 11 is 0. The number of anilines is 1. The van der Waals surface area contributed by atoms with Crippen LogP contribution in [0.3, 0.4) is 0 Å². The Morgan fingerprint density at radius 1 is 0.833 bits per heavy atom. The molecule has 0 aromatic heterocycles. The zero-order chi connectivity index (χ0) is 16.5. The topological polar surface area (TPSA) is 38.3 Å². The second-order valence-electron chi connectivity index (χ2n) is 5.61. The normalized spacial score (nSPS) is 12.7. The number of hydrogen-bond acceptors (Lipinski definition) is 2. The molecule has 0 saturated carbocycles. The van der Waals surface area contributed by atoms with Crippen LogP contribution in [0.5, 0.6) is 11.5 Å². The maximum atomic E-state index is 13.0. The van der Waals surface area contributed by atoms with Gasteiger partial charge in [-0.05, 0) is 36.4 Å². The molecule has 1 amide bonds. The third kappa shape index (κ3) is 2.52. The van der Waals surface area contributed by atoms with Gasteiger partial charge in [-0.25, -0.2) is 4.39 Å². The molecule has 24 heavy (non-hydrogen) atoms. The van der Waals surface area contributed by atoms with Crippen LogP contribution >= 0.6 is 0 Å². The number of rotatable bonds is 2. The highest BCUT2D eigenvalue weighted by molar-refractivity contribution is 5.99. The Kier molecular flexibility index (Phi) is 3.50. The van der Waals surface area contributed by atoms with Crippen LogP contribution in [-0.2, 0) is 4.79 Å². The highest BCUT2D eigenvalue weighted by Gasteiger charge is 2.32. The van der Waals surface area contributed by atoms with Crippen molar-refractivity contribution in [2.45, 2.75) is 5.92 Å². The summed E-state index contributed by atoms with van der Waals surface area (Å²) in [5.74, 6) is 0.363. The average molecular weight is 319 g/mol. The fourth-order valence-corrected chi connectivity index (χ4v) is 2.94. The monoisotopic (exact) mass is 319 g/mol. The molecule has 1 aliphatic rings. The van der Waals surface area contributed by atoms with Gasteiger partial charge in [0, 0.05) is 16.8 Å². The lowest BCUT2D eigenvalue weighted by atomic mass is 9.87. The van der Waals surface area contributed by atoms with Crippen LogP contribution in [0, 0.1) is 5.82 Å². The lowest BCUT2D eigenvalue weighted by Gasteiger charge is -2.27. The molecule has 3 aromatic carbocycles. The quantitative estimate of drug-likeness (QED) is 0.743. The Morgan fingerprint density at radius 3 is 1.96 bits per heavy atom. The fraction of sp³-hybridized carbons (Fsp3) is 0.0500. The molecule has 0 unspecified atom stereocenters. The smallest absolute Gasteiger partial charge is 0.236 e. The minimum atomic E-state index is -0.476. The third-order valence-corrected chi connectivity index (χ3v) is 4.05. The van der Waals surface area contributed by atoms with Crippen LogP contribution in [-0.4, -0.2) is 5.91 Å². The molecule has 0 fully saturated rings. The molecule has 0 atom stereocenters. The van der Waals surface area contributed by atoms with Crippen LogP contribution in [0.2, 0.25) is 0 Å². The number of halogens is 1. The molecule has 4 heteroatoms. The molecule has 4 rings (SSSR count). The summed E-state index contributed by atoms with van der Waals surface area (Å²) in [6, 6.07) is 20.7. The highest BCUT2D eigenvalue weighted by Crippen LogP contribution is 2.44. The summed E-state index contributed by atoms with van der Waals surface area (Å²) in [4.78, 5) is 12.9. The molecular weight excluding hydrogens is 305 g/mol. The van der Waals surface area contributed by atoms with Crippen molar-refractivity contribution in [2.24, 2.45) is 0 Å². The molecule has 0 saturated heterocycles. The van der Waals surface area contributed by atoms with Gasteiger partial charge in [0.2, 0.25) is 5.91 Å². The average Bonchev–Trinajstić information content (AvgIpc) is 2.61. The Morgan fingerprint density at radius 2 is 1.38 bits per heavy atom. The van der Waals surface area contributed by atoms with Crippen molar-refractivity contribution in [1.29, 1.82) is 0 Å². The van der Waals surface area contributed by atoms with Crippen LogP contribution in [0.25, 0.3) is 0 Å². The van der Waals surface area contributed by atoms with Gasteiger partial charge < -0.3 is 10.1 Å². The van der Waals surface area contributed by atoms with Crippen LogP contribution < -0.4 is 10.1 Å². The number of amides is 1. The third-order valence-electron chi connectivity index (χ3n) is 4.05. The largest absolute Gasteiger partial charge is 0.457 e. The van der Waals surface area contributed by atoms with E-state index in [1.807, 2.05) is 48.5 Å². The summed E-state index contributed by atoms with van der Waals surface area (Å²) in [6.07, 6.45) is 0. The van der Waals surface area contributed by atoms with Crippen molar-refractivity contribution in [3.63, 3.8) is 0 Å². The van der Waals surface area contributed by atoms with Gasteiger partial charge in [-0.3, -0.25) is 4.79 Å². The first-order valence-corrected chi connectivity index (χ1v) is 7.64. The van der Waals surface area contributed by atoms with E-state index in [1.165, 1.54) is 12.1 Å². The van der Waals surface area contributed by atoms with E-state index in [4.69, 9.17) is 4.74 Å². The molecule has 0 bridgehead atoms. The van der Waals surface area contributed by atoms with E-state index in [0.717, 1.165) is 11.1 Å². The fourth-order valence-electron chi connectivity index (χ4n) is 2.94. The number of ether oxygens (including phenoxy) is 1. The zero-order valence-corrected chi connectivity index (χ0v) is 12.7. The number of nitrogens with one attached hydrogen (secondary N) is 1. The Hall–Kier alpha value is -3.14. The van der Waals surface area contributed by atoms with Crippen molar-refractivity contribution in [3.05, 3.63) is 89.7 Å². The summed E-state index contributed by atoms with van der Waals surface area (Å²) in [5, 5.41) is 2.86. The van der Waals surface area contributed by atoms with Gasteiger partial charge in [-0.1, -0.05) is 36.4 Å². The van der Waals surface area contributed by atoms with Crippen molar-refractivity contribution < 1.29 is 13.9 Å². The molecule has 0 aliphatic carbocycles. The molecule has 0 spiro atoms. The zero-order valence-electron chi connectivity index (χ0n) is 12.7. The highest BCUT2D eigenvalue weighted by atomic mass is 19.1. The number of benzene rings is 3. The number of fused-ring (bicyclic) bond motifs is 2. The van der Waals surface area contributed by atoms with Gasteiger partial charge in [0.25, 0.3) is 0 Å². The van der Waals surface area contributed by atoms with E-state index in [9.17, 15) is 9.18 Å². The first-order valence-electron chi connectivity index (χ1n) is 7.64. The summed E-state index contributed by atoms with van der Waals surface area (Å²) in [5.41, 5.74) is 2.19. The van der Waals surface area contributed by atoms with Crippen LogP contribution in [0.15, 0.2) is 72.8 Å². The lowest BCUT2D eigenvalue weighted by molar-refractivity contribution is -0.116. The maximum Gasteiger partial charge on any atom is 0.236 e. The van der Waals surface area contributed by atoms with E-state index in [2.05, 4.69) is 5.32 Å². The summed E-state index contributed by atoms with van der Waals surface area (Å²) < 4.78 is 18.9. The molecule has 1 aliphatic heterocycles. The van der Waals surface area contributed by atoms with Gasteiger partial charge in [0.05, 0.1) is 5.92 Å². The predicted octanol–water partition coefficient (Wildman–Crippen LogP) is 4.70. The second-order valence-corrected chi connectivity index (χ2v) is 5.61. The number of para-hydroxylation sites is 2. The lowest BCUT2D eigenvalue weighted by Crippen LogP contribution is -2.25. The van der Waals surface area contributed by atoms with E-state index in [-0.39, 0.29) is 11.7 Å². The Labute approximate surface area is 138 Å². The number of hydrogen-bond donors (Lipinski definition) is 1. The van der Waals surface area contributed by atoms with Crippen molar-refractivity contribution >= 4 is 11.6 Å². The van der Waals surface area contributed by atoms with Gasteiger partial charge in [-0.15, -0.1) is 0 Å². The minimum Gasteiger partial charge on any atom is -0.457 e. The number of carbonyl (C=O) groups excluding carboxylic acids is 1. The Bertz CT molecular complexity index is 860. The molecule has 3 nitrogen and oxygen atoms in total. The molecule has 118 valence electrons. The van der Waals surface area contributed by atoms with Gasteiger partial charge >= 0.3 is 0 Å². The van der Waals surface area contributed by atoms with Gasteiger partial charge in [-0.2, -0.15) is 0 Å². The maximum absolute atomic E-state index is 13.0. The van der Waals surface area contributed by atoms with E-state index < -0.39 is 5.92 Å². The van der Waals surface area contributed by atoms with E-state index in [1.54, 1.807) is 12.1 Å². The first-order chi connectivity index (χ1) is 11.7. The van der Waals surface area contributed by atoms with E-state index in [0.29, 0.717) is 17.2 Å². The van der Waals surface area contributed by atoms with Gasteiger partial charge in [0.1, 0.15) is 17.3 Å². The summed E-state index contributed by atoms with van der Waals surface area (Å²) in [6.45, 7) is 0. The SMILES string of the molecule is O=C(Nc1ccc(F)cc1)C1c2ccccc2Oc2ccccc21. The van der Waals surface area contributed by atoms with E-state index >= 15 is 0 Å². The first kappa shape index (κ1) is 14.5. The predicted molar refractivity (Wildman–Crippen MR) is 89.8 cm³/mol. The molecule has 0 radical (unpaired) electrons. The van der Waals surface area contributed by atoms with Gasteiger partial charge in [0.15, 0.2) is 0 Å². The second kappa shape index (κ2) is 5.81. The molecule has 1 N–H and O–H groups in total. The molecular formula is C20H14FNO2.